The zero-order valence-electron chi connectivity index (χ0n) is 8.17. The van der Waals surface area contributed by atoms with Crippen LogP contribution in [0.2, 0.25) is 0 Å². The number of rotatable bonds is 3. The number of aromatic nitrogens is 2. The van der Waals surface area contributed by atoms with Crippen LogP contribution >= 0.6 is 11.8 Å². The molecule has 0 amide bonds. The molecule has 0 fully saturated rings. The minimum atomic E-state index is 0.277. The van der Waals surface area contributed by atoms with Gasteiger partial charge in [-0.25, -0.2) is 0 Å². The van der Waals surface area contributed by atoms with E-state index < -0.39 is 0 Å². The van der Waals surface area contributed by atoms with E-state index in [9.17, 15) is 5.11 Å². The molecule has 0 bridgehead atoms. The first-order valence-electron chi connectivity index (χ1n) is 4.45. The van der Waals surface area contributed by atoms with Gasteiger partial charge in [0.2, 0.25) is 11.8 Å². The van der Waals surface area contributed by atoms with E-state index in [1.165, 1.54) is 11.8 Å². The second-order valence-corrected chi connectivity index (χ2v) is 3.99. The molecule has 5 heteroatoms. The third kappa shape index (κ3) is 2.50. The number of benzene rings is 1. The van der Waals surface area contributed by atoms with Gasteiger partial charge in [-0.15, -0.1) is 22.0 Å². The van der Waals surface area contributed by atoms with Crippen molar-refractivity contribution in [2.24, 2.45) is 0 Å². The maximum absolute atomic E-state index is 9.51. The van der Waals surface area contributed by atoms with E-state index in [0.29, 0.717) is 17.5 Å². The van der Waals surface area contributed by atoms with Gasteiger partial charge in [0.15, 0.2) is 0 Å². The lowest BCUT2D eigenvalue weighted by molar-refractivity contribution is 0.462. The number of hydrogen-bond donors (Lipinski definition) is 1. The van der Waals surface area contributed by atoms with Crippen LogP contribution in [0.1, 0.15) is 11.8 Å². The second kappa shape index (κ2) is 4.35. The minimum absolute atomic E-state index is 0.277. The van der Waals surface area contributed by atoms with Crippen LogP contribution in [-0.4, -0.2) is 15.3 Å². The highest BCUT2D eigenvalue weighted by Gasteiger charge is 2.05. The smallest absolute Gasteiger partial charge is 0.226 e. The molecule has 1 aromatic heterocycles. The van der Waals surface area contributed by atoms with Gasteiger partial charge in [-0.05, 0) is 12.1 Å². The Kier molecular flexibility index (Phi) is 2.91. The van der Waals surface area contributed by atoms with Crippen LogP contribution in [0.15, 0.2) is 33.6 Å². The van der Waals surface area contributed by atoms with Crippen LogP contribution in [0.4, 0.5) is 0 Å². The third-order valence-corrected chi connectivity index (χ3v) is 2.83. The zero-order chi connectivity index (χ0) is 10.7. The molecule has 0 aliphatic carbocycles. The van der Waals surface area contributed by atoms with Gasteiger partial charge >= 0.3 is 0 Å². The lowest BCUT2D eigenvalue weighted by Crippen LogP contribution is -1.80. The van der Waals surface area contributed by atoms with Crippen molar-refractivity contribution in [3.05, 3.63) is 36.0 Å². The van der Waals surface area contributed by atoms with Gasteiger partial charge in [0.25, 0.3) is 0 Å². The van der Waals surface area contributed by atoms with Gasteiger partial charge in [0.05, 0.1) is 5.75 Å². The summed E-state index contributed by atoms with van der Waals surface area (Å²) in [5.41, 5.74) is 0. The monoisotopic (exact) mass is 222 g/mol. The number of phenols is 1. The van der Waals surface area contributed by atoms with E-state index in [0.717, 1.165) is 4.90 Å². The topological polar surface area (TPSA) is 59.2 Å². The Morgan fingerprint density at radius 3 is 2.80 bits per heavy atom. The Labute approximate surface area is 91.3 Å². The summed E-state index contributed by atoms with van der Waals surface area (Å²) in [6, 6.07) is 7.17. The summed E-state index contributed by atoms with van der Waals surface area (Å²) in [7, 11) is 0. The number of nitrogens with zero attached hydrogens (tertiary/aromatic N) is 2. The Morgan fingerprint density at radius 2 is 2.13 bits per heavy atom. The molecule has 2 aromatic rings. The van der Waals surface area contributed by atoms with E-state index in [1.807, 2.05) is 12.1 Å². The van der Waals surface area contributed by atoms with E-state index >= 15 is 0 Å². The van der Waals surface area contributed by atoms with E-state index in [-0.39, 0.29) is 5.75 Å². The summed E-state index contributed by atoms with van der Waals surface area (Å²) in [6.07, 6.45) is 0. The highest BCUT2D eigenvalue weighted by Crippen LogP contribution is 2.29. The molecular formula is C10H10N2O2S. The second-order valence-electron chi connectivity index (χ2n) is 2.97. The van der Waals surface area contributed by atoms with Gasteiger partial charge in [0.1, 0.15) is 5.75 Å². The molecule has 0 spiro atoms. The summed E-state index contributed by atoms with van der Waals surface area (Å²) in [5.74, 6) is 1.97. The summed E-state index contributed by atoms with van der Waals surface area (Å²) >= 11 is 1.47. The molecule has 1 N–H and O–H groups in total. The van der Waals surface area contributed by atoms with Crippen molar-refractivity contribution in [1.29, 1.82) is 0 Å². The normalized spacial score (nSPS) is 10.5. The Balaban J connectivity index is 2.02. The molecule has 0 radical (unpaired) electrons. The molecule has 15 heavy (non-hydrogen) atoms. The highest BCUT2D eigenvalue weighted by atomic mass is 32.2. The van der Waals surface area contributed by atoms with Crippen LogP contribution in [0, 0.1) is 6.92 Å². The fourth-order valence-electron chi connectivity index (χ4n) is 1.11. The third-order valence-electron chi connectivity index (χ3n) is 1.78. The van der Waals surface area contributed by atoms with Crippen LogP contribution in [0.3, 0.4) is 0 Å². The average molecular weight is 222 g/mol. The first kappa shape index (κ1) is 10.0. The SMILES string of the molecule is Cc1nnc(CSc2ccccc2O)o1. The summed E-state index contributed by atoms with van der Waals surface area (Å²) in [4.78, 5) is 0.813. The van der Waals surface area contributed by atoms with Crippen molar-refractivity contribution in [1.82, 2.24) is 10.2 Å². The van der Waals surface area contributed by atoms with Crippen LogP contribution in [0.25, 0.3) is 0 Å². The average Bonchev–Trinajstić information content (AvgIpc) is 2.63. The van der Waals surface area contributed by atoms with Crippen LogP contribution in [0.5, 0.6) is 5.75 Å². The fourth-order valence-corrected chi connectivity index (χ4v) is 1.90. The summed E-state index contributed by atoms with van der Waals surface area (Å²) in [5, 5.41) is 17.1. The molecule has 0 saturated heterocycles. The molecule has 0 unspecified atom stereocenters. The lowest BCUT2D eigenvalue weighted by atomic mass is 10.3. The Bertz CT molecular complexity index is 456. The Morgan fingerprint density at radius 1 is 1.33 bits per heavy atom. The molecule has 2 rings (SSSR count). The standard InChI is InChI=1S/C10H10N2O2S/c1-7-11-12-10(14-7)6-15-9-5-3-2-4-8(9)13/h2-5,13H,6H2,1H3. The molecular weight excluding hydrogens is 212 g/mol. The summed E-state index contributed by atoms with van der Waals surface area (Å²) < 4.78 is 5.22. The van der Waals surface area contributed by atoms with Gasteiger partial charge in [0, 0.05) is 11.8 Å². The number of aryl methyl sites for hydroxylation is 1. The van der Waals surface area contributed by atoms with Crippen molar-refractivity contribution in [2.75, 3.05) is 0 Å². The predicted octanol–water partition coefficient (Wildman–Crippen LogP) is 2.38. The van der Waals surface area contributed by atoms with Crippen molar-refractivity contribution in [2.45, 2.75) is 17.6 Å². The number of hydrogen-bond acceptors (Lipinski definition) is 5. The van der Waals surface area contributed by atoms with Crippen molar-refractivity contribution in [3.63, 3.8) is 0 Å². The quantitative estimate of drug-likeness (QED) is 0.808. The van der Waals surface area contributed by atoms with E-state index in [2.05, 4.69) is 10.2 Å². The first-order chi connectivity index (χ1) is 7.25. The molecule has 78 valence electrons. The van der Waals surface area contributed by atoms with Crippen molar-refractivity contribution < 1.29 is 9.52 Å². The number of aromatic hydroxyl groups is 1. The van der Waals surface area contributed by atoms with E-state index in [4.69, 9.17) is 4.42 Å². The molecule has 0 aliphatic rings. The van der Waals surface area contributed by atoms with Crippen LogP contribution in [-0.2, 0) is 5.75 Å². The molecule has 1 aromatic carbocycles. The fraction of sp³-hybridized carbons (Fsp3) is 0.200. The molecule has 1 heterocycles. The highest BCUT2D eigenvalue weighted by molar-refractivity contribution is 7.98. The molecule has 0 saturated carbocycles. The number of phenolic OH excluding ortho intramolecular Hbond substituents is 1. The van der Waals surface area contributed by atoms with Gasteiger partial charge in [-0.2, -0.15) is 0 Å². The predicted molar refractivity (Wildman–Crippen MR) is 56.7 cm³/mol. The van der Waals surface area contributed by atoms with Crippen LogP contribution < -0.4 is 0 Å². The minimum Gasteiger partial charge on any atom is -0.507 e. The van der Waals surface area contributed by atoms with Gasteiger partial charge in [-0.3, -0.25) is 0 Å². The lowest BCUT2D eigenvalue weighted by Gasteiger charge is -2.00. The first-order valence-corrected chi connectivity index (χ1v) is 5.44. The number of para-hydroxylation sites is 1. The molecule has 4 nitrogen and oxygen atoms in total. The largest absolute Gasteiger partial charge is 0.507 e. The van der Waals surface area contributed by atoms with Crippen molar-refractivity contribution >= 4 is 11.8 Å². The van der Waals surface area contributed by atoms with Gasteiger partial charge < -0.3 is 9.52 Å². The molecule has 0 atom stereocenters. The number of thioether (sulfide) groups is 1. The maximum atomic E-state index is 9.51. The van der Waals surface area contributed by atoms with Gasteiger partial charge in [-0.1, -0.05) is 12.1 Å². The molecule has 0 aliphatic heterocycles. The maximum Gasteiger partial charge on any atom is 0.226 e. The van der Waals surface area contributed by atoms with E-state index in [1.54, 1.807) is 19.1 Å². The zero-order valence-corrected chi connectivity index (χ0v) is 8.99. The summed E-state index contributed by atoms with van der Waals surface area (Å²) in [6.45, 7) is 1.75. The van der Waals surface area contributed by atoms with Crippen molar-refractivity contribution in [3.8, 4) is 5.75 Å². The Hall–Kier alpha value is -1.49.